The second-order valence-corrected chi connectivity index (χ2v) is 7.31. The Morgan fingerprint density at radius 3 is 2.45 bits per heavy atom. The number of hydrogen-bond donors (Lipinski definition) is 1. The first-order chi connectivity index (χ1) is 9.36. The highest BCUT2D eigenvalue weighted by molar-refractivity contribution is 7.89. The van der Waals surface area contributed by atoms with Crippen molar-refractivity contribution in [2.75, 3.05) is 13.6 Å². The van der Waals surface area contributed by atoms with Crippen LogP contribution < -0.4 is 5.73 Å². The minimum absolute atomic E-state index is 0.345. The first-order valence-corrected chi connectivity index (χ1v) is 8.58. The van der Waals surface area contributed by atoms with E-state index in [1.165, 1.54) is 4.31 Å². The van der Waals surface area contributed by atoms with E-state index in [4.69, 9.17) is 5.73 Å². The molecule has 4 nitrogen and oxygen atoms in total. The van der Waals surface area contributed by atoms with Gasteiger partial charge in [0.1, 0.15) is 0 Å². The van der Waals surface area contributed by atoms with Crippen molar-refractivity contribution in [3.63, 3.8) is 0 Å². The van der Waals surface area contributed by atoms with Crippen molar-refractivity contribution < 1.29 is 8.42 Å². The van der Waals surface area contributed by atoms with Crippen LogP contribution in [0.2, 0.25) is 0 Å². The molecule has 1 rings (SSSR count). The number of nitrogens with two attached hydrogens (primary N) is 1. The fourth-order valence-electron chi connectivity index (χ4n) is 2.09. The third kappa shape index (κ3) is 3.81. The van der Waals surface area contributed by atoms with Gasteiger partial charge in [0, 0.05) is 20.1 Å². The molecular formula is C15H26N2O2S. The number of benzene rings is 1. The topological polar surface area (TPSA) is 63.4 Å². The van der Waals surface area contributed by atoms with Crippen molar-refractivity contribution >= 4 is 10.0 Å². The van der Waals surface area contributed by atoms with Crippen LogP contribution in [0.4, 0.5) is 0 Å². The second kappa shape index (κ2) is 7.20. The van der Waals surface area contributed by atoms with E-state index in [9.17, 15) is 8.42 Å². The third-order valence-corrected chi connectivity index (χ3v) is 5.61. The molecule has 0 aliphatic rings. The predicted octanol–water partition coefficient (Wildman–Crippen LogP) is 2.37. The summed E-state index contributed by atoms with van der Waals surface area (Å²) in [5.41, 5.74) is 7.31. The average Bonchev–Trinajstić information content (AvgIpc) is 2.46. The smallest absolute Gasteiger partial charge is 0.243 e. The van der Waals surface area contributed by atoms with Gasteiger partial charge in [-0.2, -0.15) is 0 Å². The van der Waals surface area contributed by atoms with E-state index in [1.54, 1.807) is 13.1 Å². The highest BCUT2D eigenvalue weighted by Gasteiger charge is 2.24. The van der Waals surface area contributed by atoms with Crippen molar-refractivity contribution in [2.24, 2.45) is 11.7 Å². The van der Waals surface area contributed by atoms with Crippen LogP contribution in [-0.2, 0) is 23.0 Å². The fraction of sp³-hybridized carbons (Fsp3) is 0.600. The zero-order valence-electron chi connectivity index (χ0n) is 12.9. The number of aryl methyl sites for hydroxylation is 1. The van der Waals surface area contributed by atoms with Crippen LogP contribution in [0.25, 0.3) is 0 Å². The maximum absolute atomic E-state index is 12.7. The summed E-state index contributed by atoms with van der Waals surface area (Å²) in [4.78, 5) is 0.397. The summed E-state index contributed by atoms with van der Waals surface area (Å²) >= 11 is 0. The summed E-state index contributed by atoms with van der Waals surface area (Å²) in [6.07, 6.45) is 1.65. The Balaban J connectivity index is 3.19. The minimum atomic E-state index is -3.44. The van der Waals surface area contributed by atoms with Gasteiger partial charge in [-0.25, -0.2) is 12.7 Å². The zero-order chi connectivity index (χ0) is 15.3. The lowest BCUT2D eigenvalue weighted by Gasteiger charge is -2.22. The predicted molar refractivity (Wildman–Crippen MR) is 83.0 cm³/mol. The summed E-state index contributed by atoms with van der Waals surface area (Å²) in [7, 11) is -1.79. The van der Waals surface area contributed by atoms with E-state index in [2.05, 4.69) is 13.8 Å². The van der Waals surface area contributed by atoms with E-state index in [-0.39, 0.29) is 0 Å². The molecule has 1 aromatic carbocycles. The van der Waals surface area contributed by atoms with E-state index in [1.807, 2.05) is 19.1 Å². The molecule has 20 heavy (non-hydrogen) atoms. The molecule has 0 saturated carbocycles. The summed E-state index contributed by atoms with van der Waals surface area (Å²) in [5.74, 6) is 0.345. The Morgan fingerprint density at radius 2 is 1.95 bits per heavy atom. The van der Waals surface area contributed by atoms with Gasteiger partial charge in [0.25, 0.3) is 0 Å². The van der Waals surface area contributed by atoms with E-state index < -0.39 is 10.0 Å². The summed E-state index contributed by atoms with van der Waals surface area (Å²) in [6.45, 7) is 6.97. The maximum Gasteiger partial charge on any atom is 0.243 e. The monoisotopic (exact) mass is 298 g/mol. The van der Waals surface area contributed by atoms with Gasteiger partial charge in [-0.1, -0.05) is 39.3 Å². The molecule has 0 radical (unpaired) electrons. The third-order valence-electron chi connectivity index (χ3n) is 3.70. The van der Waals surface area contributed by atoms with Crippen molar-refractivity contribution in [2.45, 2.75) is 45.1 Å². The van der Waals surface area contributed by atoms with Crippen LogP contribution in [0.15, 0.2) is 23.1 Å². The van der Waals surface area contributed by atoms with Gasteiger partial charge in [-0.05, 0) is 29.5 Å². The quantitative estimate of drug-likeness (QED) is 0.840. The molecule has 0 amide bonds. The molecule has 1 atom stereocenters. The van der Waals surface area contributed by atoms with Crippen LogP contribution in [0.1, 0.15) is 38.3 Å². The first-order valence-electron chi connectivity index (χ1n) is 7.14. The van der Waals surface area contributed by atoms with E-state index >= 15 is 0 Å². The summed E-state index contributed by atoms with van der Waals surface area (Å²) in [6, 6.07) is 5.47. The van der Waals surface area contributed by atoms with Gasteiger partial charge in [-0.3, -0.25) is 0 Å². The van der Waals surface area contributed by atoms with Gasteiger partial charge < -0.3 is 5.73 Å². The summed E-state index contributed by atoms with van der Waals surface area (Å²) < 4.78 is 26.9. The Hall–Kier alpha value is -0.910. The molecular weight excluding hydrogens is 272 g/mol. The molecule has 0 fully saturated rings. The molecule has 0 aliphatic carbocycles. The van der Waals surface area contributed by atoms with Gasteiger partial charge in [0.2, 0.25) is 10.0 Å². The van der Waals surface area contributed by atoms with Gasteiger partial charge in [0.05, 0.1) is 4.90 Å². The minimum Gasteiger partial charge on any atom is -0.326 e. The molecule has 0 saturated heterocycles. The Labute approximate surface area is 123 Å². The van der Waals surface area contributed by atoms with Crippen molar-refractivity contribution in [1.82, 2.24) is 4.31 Å². The normalized spacial score (nSPS) is 13.7. The van der Waals surface area contributed by atoms with Gasteiger partial charge in [-0.15, -0.1) is 0 Å². The highest BCUT2D eigenvalue weighted by atomic mass is 32.2. The fourth-order valence-corrected chi connectivity index (χ4v) is 3.72. The lowest BCUT2D eigenvalue weighted by molar-refractivity contribution is 0.393. The zero-order valence-corrected chi connectivity index (χ0v) is 13.7. The molecule has 0 spiro atoms. The van der Waals surface area contributed by atoms with Crippen LogP contribution in [-0.4, -0.2) is 26.3 Å². The van der Waals surface area contributed by atoms with Crippen LogP contribution in [0.3, 0.4) is 0 Å². The maximum atomic E-state index is 12.7. The van der Waals surface area contributed by atoms with E-state index in [0.29, 0.717) is 30.3 Å². The molecule has 0 heterocycles. The van der Waals surface area contributed by atoms with Crippen molar-refractivity contribution in [3.05, 3.63) is 29.3 Å². The van der Waals surface area contributed by atoms with E-state index in [0.717, 1.165) is 17.5 Å². The Bertz CT molecular complexity index is 541. The summed E-state index contributed by atoms with van der Waals surface area (Å²) in [5, 5.41) is 0. The Kier molecular flexibility index (Phi) is 6.17. The lowest BCUT2D eigenvalue weighted by Crippen LogP contribution is -2.31. The number of nitrogens with zero attached hydrogens (tertiary/aromatic N) is 1. The van der Waals surface area contributed by atoms with Crippen molar-refractivity contribution in [1.29, 1.82) is 0 Å². The molecule has 0 bridgehead atoms. The first kappa shape index (κ1) is 17.1. The molecule has 2 N–H and O–H groups in total. The Morgan fingerprint density at radius 1 is 1.30 bits per heavy atom. The standard InChI is InChI=1S/C15H26N2O2S/c1-5-12(3)11-17(4)20(18,19)15-9-13(10-16)7-8-14(15)6-2/h7-9,12H,5-6,10-11,16H2,1-4H3. The van der Waals surface area contributed by atoms with Crippen molar-refractivity contribution in [3.8, 4) is 0 Å². The molecule has 5 heteroatoms. The van der Waals surface area contributed by atoms with Gasteiger partial charge >= 0.3 is 0 Å². The molecule has 0 aromatic heterocycles. The van der Waals surface area contributed by atoms with Crippen LogP contribution in [0, 0.1) is 5.92 Å². The largest absolute Gasteiger partial charge is 0.326 e. The van der Waals surface area contributed by atoms with Crippen LogP contribution in [0.5, 0.6) is 0 Å². The molecule has 114 valence electrons. The number of rotatable bonds is 7. The second-order valence-electron chi connectivity index (χ2n) is 5.30. The average molecular weight is 298 g/mol. The van der Waals surface area contributed by atoms with Gasteiger partial charge in [0.15, 0.2) is 0 Å². The van der Waals surface area contributed by atoms with Crippen LogP contribution >= 0.6 is 0 Å². The molecule has 1 unspecified atom stereocenters. The molecule has 1 aromatic rings. The lowest BCUT2D eigenvalue weighted by atomic mass is 10.1. The highest BCUT2D eigenvalue weighted by Crippen LogP contribution is 2.22. The SMILES string of the molecule is CCc1ccc(CN)cc1S(=O)(=O)N(C)CC(C)CC. The number of hydrogen-bond acceptors (Lipinski definition) is 3. The number of sulfonamides is 1. The molecule has 0 aliphatic heterocycles.